The van der Waals surface area contributed by atoms with E-state index in [0.29, 0.717) is 0 Å². The van der Waals surface area contributed by atoms with Gasteiger partial charge in [-0.25, -0.2) is 0 Å². The molecule has 0 aliphatic rings. The number of hydrogen-bond donors (Lipinski definition) is 1. The summed E-state index contributed by atoms with van der Waals surface area (Å²) in [7, 11) is 0. The van der Waals surface area contributed by atoms with Crippen molar-refractivity contribution in [2.75, 3.05) is 13.1 Å². The molecule has 0 bridgehead atoms. The molecule has 0 heterocycles. The summed E-state index contributed by atoms with van der Waals surface area (Å²) in [4.78, 5) is 11.3. The summed E-state index contributed by atoms with van der Waals surface area (Å²) in [6.45, 7) is -1.41. The maximum Gasteiger partial charge on any atom is 0.401 e. The Hall–Kier alpha value is -0.880. The number of hydrogen-bond acceptors (Lipinski definition) is 2. The van der Waals surface area contributed by atoms with Gasteiger partial charge in [-0.1, -0.05) is 28.1 Å². The molecule has 6 heteroatoms. The largest absolute Gasteiger partial charge is 0.401 e. The number of halogens is 4. The van der Waals surface area contributed by atoms with Gasteiger partial charge < -0.3 is 5.32 Å². The molecule has 0 aliphatic heterocycles. The number of alkyl halides is 3. The van der Waals surface area contributed by atoms with Gasteiger partial charge in [-0.3, -0.25) is 4.79 Å². The van der Waals surface area contributed by atoms with E-state index in [2.05, 4.69) is 21.2 Å². The molecule has 0 aliphatic carbocycles. The van der Waals surface area contributed by atoms with Crippen molar-refractivity contribution >= 4 is 21.7 Å². The predicted molar refractivity (Wildman–Crippen MR) is 61.8 cm³/mol. The van der Waals surface area contributed by atoms with Gasteiger partial charge in [-0.05, 0) is 17.7 Å². The van der Waals surface area contributed by atoms with E-state index in [9.17, 15) is 18.0 Å². The Morgan fingerprint density at radius 3 is 2.35 bits per heavy atom. The number of benzene rings is 1. The highest BCUT2D eigenvalue weighted by Gasteiger charge is 2.26. The van der Waals surface area contributed by atoms with E-state index >= 15 is 0 Å². The number of rotatable bonds is 5. The molecule has 0 fully saturated rings. The Morgan fingerprint density at radius 1 is 1.24 bits per heavy atom. The Bertz CT molecular complexity index is 375. The molecule has 17 heavy (non-hydrogen) atoms. The zero-order chi connectivity index (χ0) is 12.9. The minimum Gasteiger partial charge on any atom is -0.302 e. The normalized spacial score (nSPS) is 11.5. The molecule has 0 atom stereocenters. The van der Waals surface area contributed by atoms with Gasteiger partial charge >= 0.3 is 6.18 Å². The van der Waals surface area contributed by atoms with E-state index in [0.717, 1.165) is 10.0 Å². The molecule has 0 aromatic heterocycles. The first kappa shape index (κ1) is 14.2. The van der Waals surface area contributed by atoms with Crippen LogP contribution in [0.15, 0.2) is 28.7 Å². The number of carbonyl (C=O) groups excluding carboxylic acids is 1. The molecule has 1 N–H and O–H groups in total. The molecule has 0 radical (unpaired) electrons. The first-order valence-corrected chi connectivity index (χ1v) is 5.70. The molecule has 0 saturated heterocycles. The second kappa shape index (κ2) is 6.16. The molecule has 2 nitrogen and oxygen atoms in total. The Balaban J connectivity index is 2.32. The topological polar surface area (TPSA) is 29.1 Å². The molecule has 1 rings (SSSR count). The summed E-state index contributed by atoms with van der Waals surface area (Å²) in [5.41, 5.74) is 0.784. The molecule has 0 spiro atoms. The van der Waals surface area contributed by atoms with Crippen molar-refractivity contribution in [3.8, 4) is 0 Å². The van der Waals surface area contributed by atoms with Crippen LogP contribution in [0, 0.1) is 0 Å². The Labute approximate surface area is 105 Å². The van der Waals surface area contributed by atoms with Crippen LogP contribution in [0.3, 0.4) is 0 Å². The summed E-state index contributed by atoms with van der Waals surface area (Å²) in [6.07, 6.45) is -4.14. The number of ketones is 1. The standard InChI is InChI=1S/C11H11BrF3NO/c12-9-3-1-8(2-4-9)5-10(17)6-16-7-11(13,14)15/h1-4,16H,5-7H2. The third-order valence-electron chi connectivity index (χ3n) is 1.96. The zero-order valence-electron chi connectivity index (χ0n) is 8.85. The van der Waals surface area contributed by atoms with Gasteiger partial charge in [-0.15, -0.1) is 0 Å². The van der Waals surface area contributed by atoms with Crippen LogP contribution in [0.25, 0.3) is 0 Å². The lowest BCUT2D eigenvalue weighted by molar-refractivity contribution is -0.127. The third-order valence-corrected chi connectivity index (χ3v) is 2.49. The van der Waals surface area contributed by atoms with E-state index in [4.69, 9.17) is 0 Å². The first-order valence-electron chi connectivity index (χ1n) is 4.90. The van der Waals surface area contributed by atoms with Gasteiger partial charge in [0.05, 0.1) is 13.1 Å². The maximum atomic E-state index is 11.8. The lowest BCUT2D eigenvalue weighted by atomic mass is 10.1. The van der Waals surface area contributed by atoms with Crippen molar-refractivity contribution in [3.63, 3.8) is 0 Å². The highest BCUT2D eigenvalue weighted by molar-refractivity contribution is 9.10. The van der Waals surface area contributed by atoms with Crippen LogP contribution in [0.5, 0.6) is 0 Å². The van der Waals surface area contributed by atoms with Crippen molar-refractivity contribution in [1.29, 1.82) is 0 Å². The molecule has 0 saturated carbocycles. The zero-order valence-corrected chi connectivity index (χ0v) is 10.4. The van der Waals surface area contributed by atoms with Crippen LogP contribution in [-0.4, -0.2) is 25.0 Å². The van der Waals surface area contributed by atoms with Crippen LogP contribution < -0.4 is 5.32 Å². The van der Waals surface area contributed by atoms with Crippen LogP contribution in [0.2, 0.25) is 0 Å². The number of Topliss-reactive ketones (excluding diaryl/α,β-unsaturated/α-hetero) is 1. The van der Waals surface area contributed by atoms with Crippen molar-refractivity contribution in [2.24, 2.45) is 0 Å². The highest BCUT2D eigenvalue weighted by atomic mass is 79.9. The molecule has 94 valence electrons. The van der Waals surface area contributed by atoms with Crippen LogP contribution in [0.1, 0.15) is 5.56 Å². The highest BCUT2D eigenvalue weighted by Crippen LogP contribution is 2.12. The van der Waals surface area contributed by atoms with Crippen molar-refractivity contribution in [1.82, 2.24) is 5.32 Å². The first-order chi connectivity index (χ1) is 7.87. The van der Waals surface area contributed by atoms with Crippen LogP contribution >= 0.6 is 15.9 Å². The molecule has 1 aromatic rings. The second-order valence-electron chi connectivity index (χ2n) is 3.56. The lowest BCUT2D eigenvalue weighted by Crippen LogP contribution is -2.33. The maximum absolute atomic E-state index is 11.8. The summed E-state index contributed by atoms with van der Waals surface area (Å²) in [5.74, 6) is -0.267. The summed E-state index contributed by atoms with van der Waals surface area (Å²) in [5, 5.41) is 2.07. The monoisotopic (exact) mass is 309 g/mol. The fourth-order valence-electron chi connectivity index (χ4n) is 1.24. The fraction of sp³-hybridized carbons (Fsp3) is 0.364. The van der Waals surface area contributed by atoms with E-state index in [-0.39, 0.29) is 18.7 Å². The van der Waals surface area contributed by atoms with E-state index in [1.807, 2.05) is 0 Å². The fourth-order valence-corrected chi connectivity index (χ4v) is 1.50. The second-order valence-corrected chi connectivity index (χ2v) is 4.48. The van der Waals surface area contributed by atoms with E-state index in [1.165, 1.54) is 0 Å². The third kappa shape index (κ3) is 6.43. The minimum absolute atomic E-state index is 0.137. The Morgan fingerprint density at radius 2 is 1.82 bits per heavy atom. The van der Waals surface area contributed by atoms with Gasteiger partial charge in [0.15, 0.2) is 5.78 Å². The van der Waals surface area contributed by atoms with Crippen LogP contribution in [0.4, 0.5) is 13.2 Å². The van der Waals surface area contributed by atoms with Crippen molar-refractivity contribution in [3.05, 3.63) is 34.3 Å². The van der Waals surface area contributed by atoms with Gasteiger partial charge in [0.25, 0.3) is 0 Å². The number of nitrogens with one attached hydrogen (secondary N) is 1. The van der Waals surface area contributed by atoms with Crippen LogP contribution in [-0.2, 0) is 11.2 Å². The van der Waals surface area contributed by atoms with Gasteiger partial charge in [0.1, 0.15) is 0 Å². The number of carbonyl (C=O) groups is 1. The molecule has 1 aromatic carbocycles. The average molecular weight is 310 g/mol. The lowest BCUT2D eigenvalue weighted by Gasteiger charge is -2.07. The molecular formula is C11H11BrF3NO. The molecular weight excluding hydrogens is 299 g/mol. The summed E-state index contributed by atoms with van der Waals surface area (Å²) >= 11 is 3.25. The summed E-state index contributed by atoms with van der Waals surface area (Å²) < 4.78 is 36.3. The molecule has 0 unspecified atom stereocenters. The predicted octanol–water partition coefficient (Wildman–Crippen LogP) is 2.71. The van der Waals surface area contributed by atoms with Gasteiger partial charge in [0, 0.05) is 10.9 Å². The smallest absolute Gasteiger partial charge is 0.302 e. The van der Waals surface area contributed by atoms with E-state index < -0.39 is 12.7 Å². The quantitative estimate of drug-likeness (QED) is 0.906. The van der Waals surface area contributed by atoms with Gasteiger partial charge in [-0.2, -0.15) is 13.2 Å². The van der Waals surface area contributed by atoms with Crippen molar-refractivity contribution in [2.45, 2.75) is 12.6 Å². The van der Waals surface area contributed by atoms with Crippen molar-refractivity contribution < 1.29 is 18.0 Å². The SMILES string of the molecule is O=C(CNCC(F)(F)F)Cc1ccc(Br)cc1. The van der Waals surface area contributed by atoms with Gasteiger partial charge in [0.2, 0.25) is 0 Å². The minimum atomic E-state index is -4.28. The average Bonchev–Trinajstić information content (AvgIpc) is 2.19. The molecule has 0 amide bonds. The summed E-state index contributed by atoms with van der Waals surface area (Å²) in [6, 6.07) is 7.08. The Kier molecular flexibility index (Phi) is 5.14. The van der Waals surface area contributed by atoms with E-state index in [1.54, 1.807) is 24.3 Å².